The molecule has 0 fully saturated rings. The Morgan fingerprint density at radius 1 is 0.788 bits per heavy atom. The van der Waals surface area contributed by atoms with Crippen LogP contribution in [0.5, 0.6) is 0 Å². The predicted octanol–water partition coefficient (Wildman–Crippen LogP) is 5.57. The maximum absolute atomic E-state index is 11.7. The number of alkyl halides is 1. The average molecular weight is 790 g/mol. The van der Waals surface area contributed by atoms with Gasteiger partial charge in [-0.1, -0.05) is 30.8 Å². The molecule has 0 unspecified atom stereocenters. The van der Waals surface area contributed by atoms with E-state index in [2.05, 4.69) is 41.4 Å². The van der Waals surface area contributed by atoms with Crippen LogP contribution in [0.25, 0.3) is 44.6 Å². The Labute approximate surface area is 310 Å². The van der Waals surface area contributed by atoms with Gasteiger partial charge in [-0.15, -0.1) is 11.6 Å². The molecule has 276 valence electrons. The summed E-state index contributed by atoms with van der Waals surface area (Å²) in [6, 6.07) is 14.7. The molecule has 0 radical (unpaired) electrons. The number of nitrogen functional groups attached to an aromatic ring is 3. The zero-order valence-corrected chi connectivity index (χ0v) is 31.8. The summed E-state index contributed by atoms with van der Waals surface area (Å²) in [6.45, 7) is 11.4. The van der Waals surface area contributed by atoms with Crippen molar-refractivity contribution >= 4 is 86.4 Å². The van der Waals surface area contributed by atoms with Gasteiger partial charge < -0.3 is 17.2 Å². The third-order valence-corrected chi connectivity index (χ3v) is 9.64. The van der Waals surface area contributed by atoms with E-state index in [9.17, 15) is 16.8 Å². The first-order chi connectivity index (χ1) is 24.5. The monoisotopic (exact) mass is 788 g/mol. The summed E-state index contributed by atoms with van der Waals surface area (Å²) in [7, 11) is -2.20. The van der Waals surface area contributed by atoms with E-state index in [1.165, 1.54) is 12.7 Å². The van der Waals surface area contributed by atoms with Crippen molar-refractivity contribution in [2.45, 2.75) is 39.8 Å². The molecule has 0 bridgehead atoms. The Balaban J connectivity index is 0.000000200. The van der Waals surface area contributed by atoms with Crippen LogP contribution in [0.2, 0.25) is 0 Å². The number of nitrogens with zero attached hydrogens (tertiary/aromatic N) is 8. The summed E-state index contributed by atoms with van der Waals surface area (Å²) in [4.78, 5) is 16.7. The summed E-state index contributed by atoms with van der Waals surface area (Å²) in [5.41, 5.74) is 23.3. The lowest BCUT2D eigenvalue weighted by atomic mass is 10.1. The van der Waals surface area contributed by atoms with Gasteiger partial charge in [0.2, 0.25) is 9.05 Å². The number of hydrogen-bond donors (Lipinski definition) is 4. The van der Waals surface area contributed by atoms with E-state index in [1.807, 2.05) is 62.7 Å². The lowest BCUT2D eigenvalue weighted by molar-refractivity contribution is 0.548. The molecule has 7 N–H and O–H groups in total. The standard InChI is InChI=1S/C16H18N6O2S.C14H16N6.C2H4Cl2O2S/c1-4-25(23,24)21-12-7-5-6-11(8-12)14-13-15(17)18-9-19-16(13)22(20-14)10(2)3;1-8(2)20-14-11(13(16)17-7-18-14)12(19-20)9-4-3-5-10(15)6-9;3-1-2-7(4,5)6/h4-10,21H,1H2,2-3H3,(H2,17,18,19);3-8H,15H2,1-2H3,(H2,16,17,18);1-2H2. The van der Waals surface area contributed by atoms with Gasteiger partial charge in [-0.2, -0.15) is 10.2 Å². The van der Waals surface area contributed by atoms with E-state index in [1.54, 1.807) is 22.9 Å². The Hall–Kier alpha value is -5.04. The predicted molar refractivity (Wildman–Crippen MR) is 209 cm³/mol. The maximum Gasteiger partial charge on any atom is 0.254 e. The van der Waals surface area contributed by atoms with E-state index in [4.69, 9.17) is 39.5 Å². The van der Waals surface area contributed by atoms with Crippen molar-refractivity contribution < 1.29 is 16.8 Å². The Morgan fingerprint density at radius 2 is 1.27 bits per heavy atom. The maximum atomic E-state index is 11.7. The smallest absolute Gasteiger partial charge is 0.254 e. The van der Waals surface area contributed by atoms with Gasteiger partial charge >= 0.3 is 0 Å². The van der Waals surface area contributed by atoms with Crippen molar-refractivity contribution in [3.05, 3.63) is 73.2 Å². The fourth-order valence-electron chi connectivity index (χ4n) is 4.83. The fourth-order valence-corrected chi connectivity index (χ4v) is 6.63. The number of nitrogens with one attached hydrogen (secondary N) is 1. The largest absolute Gasteiger partial charge is 0.399 e. The van der Waals surface area contributed by atoms with Crippen molar-refractivity contribution in [1.82, 2.24) is 39.5 Å². The Kier molecular flexibility index (Phi) is 12.6. The molecule has 0 aliphatic rings. The van der Waals surface area contributed by atoms with Crippen LogP contribution in [0.15, 0.2) is 73.2 Å². The van der Waals surface area contributed by atoms with E-state index >= 15 is 0 Å². The first kappa shape index (κ1) is 39.7. The van der Waals surface area contributed by atoms with Crippen LogP contribution >= 0.6 is 22.3 Å². The zero-order valence-electron chi connectivity index (χ0n) is 28.6. The minimum atomic E-state index is -3.59. The molecule has 0 saturated carbocycles. The molecule has 0 atom stereocenters. The molecule has 0 saturated heterocycles. The normalized spacial score (nSPS) is 11.6. The van der Waals surface area contributed by atoms with E-state index < -0.39 is 19.1 Å². The Bertz CT molecular complexity index is 2430. The SMILES string of the molecule is C=CS(=O)(=O)Nc1cccc(-c2nn(C(C)C)c3ncnc(N)c23)c1.CC(C)n1nc(-c2cccc(N)c2)c2c(N)ncnc21.O=S(=O)(Cl)CCCl. The molecular weight excluding hydrogens is 751 g/mol. The minimum absolute atomic E-state index is 0.0613. The molecular formula is C32H38Cl2N12O4S2. The molecule has 0 spiro atoms. The van der Waals surface area contributed by atoms with Crippen LogP contribution in [0, 0.1) is 0 Å². The van der Waals surface area contributed by atoms with Gasteiger partial charge in [0.25, 0.3) is 10.0 Å². The summed E-state index contributed by atoms with van der Waals surface area (Å²) in [6.07, 6.45) is 2.86. The van der Waals surface area contributed by atoms with Crippen molar-refractivity contribution in [2.24, 2.45) is 0 Å². The molecule has 0 aliphatic heterocycles. The summed E-state index contributed by atoms with van der Waals surface area (Å²) < 4.78 is 49.2. The molecule has 2 aromatic carbocycles. The highest BCUT2D eigenvalue weighted by Crippen LogP contribution is 2.34. The van der Waals surface area contributed by atoms with Crippen molar-refractivity contribution in [2.75, 3.05) is 33.6 Å². The van der Waals surface area contributed by atoms with Gasteiger partial charge in [0.1, 0.15) is 35.7 Å². The summed E-state index contributed by atoms with van der Waals surface area (Å²) in [5.74, 6) is 0.658. The second-order valence-electron chi connectivity index (χ2n) is 11.6. The minimum Gasteiger partial charge on any atom is -0.399 e. The second-order valence-corrected chi connectivity index (χ2v) is 16.5. The molecule has 4 heterocycles. The number of sulfonamides is 1. The van der Waals surface area contributed by atoms with Crippen LogP contribution in [0.3, 0.4) is 0 Å². The van der Waals surface area contributed by atoms with Crippen LogP contribution < -0.4 is 21.9 Å². The van der Waals surface area contributed by atoms with Crippen LogP contribution in [0.1, 0.15) is 39.8 Å². The van der Waals surface area contributed by atoms with E-state index in [0.717, 1.165) is 27.7 Å². The van der Waals surface area contributed by atoms with Gasteiger partial charge in [-0.3, -0.25) is 4.72 Å². The zero-order chi connectivity index (χ0) is 38.4. The highest BCUT2D eigenvalue weighted by Gasteiger charge is 2.20. The lowest BCUT2D eigenvalue weighted by Crippen LogP contribution is -2.08. The van der Waals surface area contributed by atoms with E-state index in [0.29, 0.717) is 45.3 Å². The van der Waals surface area contributed by atoms with Gasteiger partial charge in [-0.25, -0.2) is 46.1 Å². The van der Waals surface area contributed by atoms with Crippen LogP contribution in [-0.2, 0) is 19.1 Å². The topological polar surface area (TPSA) is 246 Å². The lowest BCUT2D eigenvalue weighted by Gasteiger charge is -2.06. The number of aromatic nitrogens is 8. The molecule has 6 rings (SSSR count). The Morgan fingerprint density at radius 3 is 1.67 bits per heavy atom. The van der Waals surface area contributed by atoms with Crippen LogP contribution in [0.4, 0.5) is 23.0 Å². The molecule has 0 aliphatic carbocycles. The van der Waals surface area contributed by atoms with Gasteiger partial charge in [0.05, 0.1) is 16.5 Å². The number of anilines is 4. The molecule has 20 heteroatoms. The second kappa shape index (κ2) is 16.5. The molecule has 6 aromatic rings. The van der Waals surface area contributed by atoms with Crippen molar-refractivity contribution in [3.63, 3.8) is 0 Å². The number of nitrogens with two attached hydrogens (primary N) is 3. The average Bonchev–Trinajstić information content (AvgIpc) is 3.67. The van der Waals surface area contributed by atoms with Gasteiger partial charge in [0, 0.05) is 56.6 Å². The molecule has 0 amide bonds. The van der Waals surface area contributed by atoms with Crippen molar-refractivity contribution in [1.29, 1.82) is 0 Å². The number of halogens is 2. The van der Waals surface area contributed by atoms with Crippen LogP contribution in [-0.4, -0.2) is 68.0 Å². The quantitative estimate of drug-likeness (QED) is 0.0796. The highest BCUT2D eigenvalue weighted by molar-refractivity contribution is 8.13. The third-order valence-electron chi connectivity index (χ3n) is 7.11. The number of rotatable bonds is 9. The highest BCUT2D eigenvalue weighted by atomic mass is 35.7. The van der Waals surface area contributed by atoms with Gasteiger partial charge in [0.15, 0.2) is 11.3 Å². The fraction of sp³-hybridized carbons (Fsp3) is 0.250. The first-order valence-corrected chi connectivity index (χ1v) is 20.1. The molecule has 52 heavy (non-hydrogen) atoms. The van der Waals surface area contributed by atoms with Crippen molar-refractivity contribution in [3.8, 4) is 22.5 Å². The third kappa shape index (κ3) is 9.64. The summed E-state index contributed by atoms with van der Waals surface area (Å²) in [5, 5.41) is 11.5. The number of fused-ring (bicyclic) bond motifs is 2. The molecule has 16 nitrogen and oxygen atoms in total. The number of benzene rings is 2. The van der Waals surface area contributed by atoms with Gasteiger partial charge in [-0.05, 0) is 52.0 Å². The van der Waals surface area contributed by atoms with E-state index in [-0.39, 0.29) is 23.7 Å². The first-order valence-electron chi connectivity index (χ1n) is 15.5. The summed E-state index contributed by atoms with van der Waals surface area (Å²) >= 11 is 5.02. The number of hydrogen-bond acceptors (Lipinski definition) is 13. The molecule has 4 aromatic heterocycles.